The molecule has 2 aromatic carbocycles. The standard InChI is InChI=1S/C19H21ClN2O3S/c1-2-14-5-7-15(8-6-14)21-19(23)17-13-16(9-10-18(17)20)26(24,25)22-11-3-4-12-22/h5-10,13H,2-4,11-12H2,1H3,(H,21,23). The van der Waals surface area contributed by atoms with E-state index in [0.717, 1.165) is 19.3 Å². The number of sulfonamides is 1. The van der Waals surface area contributed by atoms with Gasteiger partial charge in [0.15, 0.2) is 0 Å². The van der Waals surface area contributed by atoms with Crippen LogP contribution in [0.25, 0.3) is 0 Å². The van der Waals surface area contributed by atoms with Crippen molar-refractivity contribution in [2.24, 2.45) is 0 Å². The van der Waals surface area contributed by atoms with Gasteiger partial charge >= 0.3 is 0 Å². The minimum absolute atomic E-state index is 0.0929. The summed E-state index contributed by atoms with van der Waals surface area (Å²) in [4.78, 5) is 12.7. The zero-order chi connectivity index (χ0) is 18.7. The number of carbonyl (C=O) groups excluding carboxylic acids is 1. The molecule has 5 nitrogen and oxygen atoms in total. The van der Waals surface area contributed by atoms with Crippen LogP contribution in [-0.2, 0) is 16.4 Å². The summed E-state index contributed by atoms with van der Waals surface area (Å²) >= 11 is 6.15. The van der Waals surface area contributed by atoms with E-state index in [-0.39, 0.29) is 15.5 Å². The van der Waals surface area contributed by atoms with Crippen LogP contribution in [0.2, 0.25) is 5.02 Å². The molecule has 0 spiro atoms. The van der Waals surface area contributed by atoms with Crippen LogP contribution >= 0.6 is 11.6 Å². The SMILES string of the molecule is CCc1ccc(NC(=O)c2cc(S(=O)(=O)N3CCCC3)ccc2Cl)cc1. The molecule has 0 saturated carbocycles. The highest BCUT2D eigenvalue weighted by molar-refractivity contribution is 7.89. The summed E-state index contributed by atoms with van der Waals surface area (Å²) in [5, 5.41) is 2.98. The Kier molecular flexibility index (Phi) is 5.65. The van der Waals surface area contributed by atoms with Crippen molar-refractivity contribution < 1.29 is 13.2 Å². The number of nitrogens with one attached hydrogen (secondary N) is 1. The molecule has 0 radical (unpaired) electrons. The fourth-order valence-corrected chi connectivity index (χ4v) is 4.69. The number of nitrogens with zero attached hydrogens (tertiary/aromatic N) is 1. The first-order chi connectivity index (χ1) is 12.4. The smallest absolute Gasteiger partial charge is 0.257 e. The molecule has 1 amide bonds. The lowest BCUT2D eigenvalue weighted by molar-refractivity contribution is 0.102. The van der Waals surface area contributed by atoms with E-state index in [1.54, 1.807) is 0 Å². The monoisotopic (exact) mass is 392 g/mol. The van der Waals surface area contributed by atoms with Crippen molar-refractivity contribution in [2.45, 2.75) is 31.1 Å². The molecule has 1 saturated heterocycles. The molecule has 7 heteroatoms. The average Bonchev–Trinajstić information content (AvgIpc) is 3.18. The van der Waals surface area contributed by atoms with Gasteiger partial charge in [-0.25, -0.2) is 8.42 Å². The van der Waals surface area contributed by atoms with Gasteiger partial charge in [-0.3, -0.25) is 4.79 Å². The Morgan fingerprint density at radius 1 is 1.12 bits per heavy atom. The fraction of sp³-hybridized carbons (Fsp3) is 0.316. The molecule has 1 aliphatic rings. The number of hydrogen-bond acceptors (Lipinski definition) is 3. The predicted octanol–water partition coefficient (Wildman–Crippen LogP) is 3.94. The highest BCUT2D eigenvalue weighted by atomic mass is 35.5. The Morgan fingerprint density at radius 3 is 2.38 bits per heavy atom. The van der Waals surface area contributed by atoms with Gasteiger partial charge in [-0.2, -0.15) is 4.31 Å². The summed E-state index contributed by atoms with van der Waals surface area (Å²) in [6.45, 7) is 3.08. The van der Waals surface area contributed by atoms with E-state index in [2.05, 4.69) is 12.2 Å². The van der Waals surface area contributed by atoms with Crippen molar-refractivity contribution in [2.75, 3.05) is 18.4 Å². The third kappa shape index (κ3) is 3.92. The number of aryl methyl sites for hydroxylation is 1. The molecule has 1 aliphatic heterocycles. The predicted molar refractivity (Wildman–Crippen MR) is 103 cm³/mol. The minimum Gasteiger partial charge on any atom is -0.322 e. The Bertz CT molecular complexity index is 905. The number of carbonyl (C=O) groups is 1. The van der Waals surface area contributed by atoms with Crippen molar-refractivity contribution in [1.82, 2.24) is 4.31 Å². The molecule has 0 unspecified atom stereocenters. The zero-order valence-electron chi connectivity index (χ0n) is 14.5. The summed E-state index contributed by atoms with van der Waals surface area (Å²) in [7, 11) is -3.60. The van der Waals surface area contributed by atoms with Gasteiger partial charge in [0.2, 0.25) is 10.0 Å². The highest BCUT2D eigenvalue weighted by Gasteiger charge is 2.28. The topological polar surface area (TPSA) is 66.5 Å². The summed E-state index contributed by atoms with van der Waals surface area (Å²) in [6, 6.07) is 11.8. The van der Waals surface area contributed by atoms with E-state index in [1.807, 2.05) is 24.3 Å². The molecule has 0 aromatic heterocycles. The lowest BCUT2D eigenvalue weighted by atomic mass is 10.1. The molecule has 2 aromatic rings. The van der Waals surface area contributed by atoms with Gasteiger partial charge in [-0.1, -0.05) is 30.7 Å². The summed E-state index contributed by atoms with van der Waals surface area (Å²) in [5.41, 5.74) is 1.95. The lowest BCUT2D eigenvalue weighted by Gasteiger charge is -2.16. The van der Waals surface area contributed by atoms with Gasteiger partial charge in [-0.15, -0.1) is 0 Å². The Hall–Kier alpha value is -1.89. The minimum atomic E-state index is -3.60. The number of anilines is 1. The lowest BCUT2D eigenvalue weighted by Crippen LogP contribution is -2.28. The van der Waals surface area contributed by atoms with Gasteiger partial charge in [0.05, 0.1) is 15.5 Å². The third-order valence-corrected chi connectivity index (χ3v) is 6.73. The quantitative estimate of drug-likeness (QED) is 0.838. The second-order valence-corrected chi connectivity index (χ2v) is 8.60. The van der Waals surface area contributed by atoms with Crippen molar-refractivity contribution in [3.05, 3.63) is 58.6 Å². The van der Waals surface area contributed by atoms with E-state index in [4.69, 9.17) is 11.6 Å². The van der Waals surface area contributed by atoms with Crippen LogP contribution in [-0.4, -0.2) is 31.7 Å². The number of halogens is 1. The summed E-state index contributed by atoms with van der Waals surface area (Å²) in [6.07, 6.45) is 2.62. The van der Waals surface area contributed by atoms with Crippen molar-refractivity contribution in [3.8, 4) is 0 Å². The maximum atomic E-state index is 12.7. The molecule has 3 rings (SSSR count). The highest BCUT2D eigenvalue weighted by Crippen LogP contribution is 2.26. The van der Waals surface area contributed by atoms with Gasteiger partial charge < -0.3 is 5.32 Å². The Morgan fingerprint density at radius 2 is 1.77 bits per heavy atom. The maximum absolute atomic E-state index is 12.7. The molecule has 1 heterocycles. The van der Waals surface area contributed by atoms with Crippen molar-refractivity contribution in [3.63, 3.8) is 0 Å². The van der Waals surface area contributed by atoms with Crippen LogP contribution in [0.15, 0.2) is 47.4 Å². The van der Waals surface area contributed by atoms with Gasteiger partial charge in [0.25, 0.3) is 5.91 Å². The molecule has 138 valence electrons. The number of rotatable bonds is 5. The van der Waals surface area contributed by atoms with E-state index in [9.17, 15) is 13.2 Å². The molecule has 1 N–H and O–H groups in total. The molecule has 0 bridgehead atoms. The first-order valence-electron chi connectivity index (χ1n) is 8.62. The van der Waals surface area contributed by atoms with Gasteiger partial charge in [0.1, 0.15) is 0 Å². The van der Waals surface area contributed by atoms with Crippen molar-refractivity contribution in [1.29, 1.82) is 0 Å². The fourth-order valence-electron chi connectivity index (χ4n) is 2.94. The van der Waals surface area contributed by atoms with Crippen LogP contribution < -0.4 is 5.32 Å². The van der Waals surface area contributed by atoms with Crippen LogP contribution in [0.3, 0.4) is 0 Å². The van der Waals surface area contributed by atoms with Crippen LogP contribution in [0, 0.1) is 0 Å². The van der Waals surface area contributed by atoms with E-state index < -0.39 is 15.9 Å². The molecule has 1 fully saturated rings. The van der Waals surface area contributed by atoms with Gasteiger partial charge in [-0.05, 0) is 55.2 Å². The maximum Gasteiger partial charge on any atom is 0.257 e. The average molecular weight is 393 g/mol. The van der Waals surface area contributed by atoms with E-state index >= 15 is 0 Å². The van der Waals surface area contributed by atoms with Gasteiger partial charge in [0, 0.05) is 18.8 Å². The number of benzene rings is 2. The first-order valence-corrected chi connectivity index (χ1v) is 10.4. The largest absolute Gasteiger partial charge is 0.322 e. The Balaban J connectivity index is 1.85. The van der Waals surface area contributed by atoms with Crippen LogP contribution in [0.4, 0.5) is 5.69 Å². The second-order valence-electron chi connectivity index (χ2n) is 6.26. The molecular formula is C19H21ClN2O3S. The molecule has 0 atom stereocenters. The zero-order valence-corrected chi connectivity index (χ0v) is 16.1. The normalized spacial score (nSPS) is 15.2. The summed E-state index contributed by atoms with van der Waals surface area (Å²) in [5.74, 6) is -0.433. The van der Waals surface area contributed by atoms with Crippen molar-refractivity contribution >= 4 is 33.2 Å². The first kappa shape index (κ1) is 18.9. The molecule has 0 aliphatic carbocycles. The van der Waals surface area contributed by atoms with Crippen LogP contribution in [0.1, 0.15) is 35.7 Å². The Labute approximate surface area is 159 Å². The van der Waals surface area contributed by atoms with E-state index in [0.29, 0.717) is 18.8 Å². The van der Waals surface area contributed by atoms with E-state index in [1.165, 1.54) is 28.1 Å². The molecular weight excluding hydrogens is 372 g/mol. The third-order valence-electron chi connectivity index (χ3n) is 4.51. The summed E-state index contributed by atoms with van der Waals surface area (Å²) < 4.78 is 26.8. The molecule has 26 heavy (non-hydrogen) atoms. The van der Waals surface area contributed by atoms with Crippen LogP contribution in [0.5, 0.6) is 0 Å². The second kappa shape index (κ2) is 7.78. The number of hydrogen-bond donors (Lipinski definition) is 1. The number of amides is 1.